The van der Waals surface area contributed by atoms with Gasteiger partial charge in [0.25, 0.3) is 0 Å². The lowest BCUT2D eigenvalue weighted by molar-refractivity contribution is -0.127. The molecular weight excluding hydrogens is 280 g/mol. The van der Waals surface area contributed by atoms with E-state index in [1.54, 1.807) is 25.4 Å². The number of carbonyl (C=O) groups excluding carboxylic acids is 1. The number of aromatic nitrogens is 4. The normalized spacial score (nSPS) is 17.5. The van der Waals surface area contributed by atoms with Crippen molar-refractivity contribution in [3.63, 3.8) is 0 Å². The maximum atomic E-state index is 11.5. The summed E-state index contributed by atoms with van der Waals surface area (Å²) < 4.78 is 0. The zero-order chi connectivity index (χ0) is 15.5. The Labute approximate surface area is 128 Å². The number of aryl methyl sites for hydroxylation is 1. The van der Waals surface area contributed by atoms with Crippen LogP contribution in [-0.4, -0.2) is 43.8 Å². The number of nitrogens with zero attached hydrogens (tertiary/aromatic N) is 5. The molecule has 2 aromatic heterocycles. The van der Waals surface area contributed by atoms with Gasteiger partial charge in [0.05, 0.1) is 5.69 Å². The van der Waals surface area contributed by atoms with Crippen LogP contribution in [0.3, 0.4) is 0 Å². The number of anilines is 2. The summed E-state index contributed by atoms with van der Waals surface area (Å²) in [5, 5.41) is 3.09. The first-order valence-corrected chi connectivity index (χ1v) is 7.27. The molecule has 1 aliphatic rings. The van der Waals surface area contributed by atoms with Gasteiger partial charge in [-0.2, -0.15) is 0 Å². The van der Waals surface area contributed by atoms with Gasteiger partial charge >= 0.3 is 0 Å². The molecule has 1 amide bonds. The molecule has 0 bridgehead atoms. The Morgan fingerprint density at radius 1 is 1.32 bits per heavy atom. The van der Waals surface area contributed by atoms with Crippen molar-refractivity contribution in [1.29, 1.82) is 0 Å². The predicted molar refractivity (Wildman–Crippen MR) is 81.7 cm³/mol. The van der Waals surface area contributed by atoms with E-state index in [9.17, 15) is 4.79 Å². The predicted octanol–water partition coefficient (Wildman–Crippen LogP) is 1.65. The van der Waals surface area contributed by atoms with Crippen LogP contribution in [0.1, 0.15) is 30.8 Å². The van der Waals surface area contributed by atoms with E-state index in [0.717, 1.165) is 18.7 Å². The molecular formula is C15H18N6O. The first-order valence-electron chi connectivity index (χ1n) is 7.27. The molecule has 0 aromatic carbocycles. The topological polar surface area (TPSA) is 83.9 Å². The van der Waals surface area contributed by atoms with E-state index in [2.05, 4.69) is 25.3 Å². The molecule has 114 valence electrons. The Kier molecular flexibility index (Phi) is 3.95. The van der Waals surface area contributed by atoms with Crippen molar-refractivity contribution in [3.8, 4) is 0 Å². The summed E-state index contributed by atoms with van der Waals surface area (Å²) in [6, 6.07) is 3.67. The smallest absolute Gasteiger partial charge is 0.228 e. The Hall–Kier alpha value is -2.57. The van der Waals surface area contributed by atoms with Crippen molar-refractivity contribution in [3.05, 3.63) is 36.0 Å². The minimum Gasteiger partial charge on any atom is -0.342 e. The summed E-state index contributed by atoms with van der Waals surface area (Å²) in [6.45, 7) is 4.96. The SMILES string of the molecule is CC(=O)N1CC[C@H](c2cc(Nc3ncccn3)nc(C)n2)C1. The molecule has 1 atom stereocenters. The summed E-state index contributed by atoms with van der Waals surface area (Å²) in [7, 11) is 0. The number of carbonyl (C=O) groups is 1. The van der Waals surface area contributed by atoms with Crippen LogP contribution in [0.5, 0.6) is 0 Å². The lowest BCUT2D eigenvalue weighted by atomic mass is 10.0. The van der Waals surface area contributed by atoms with Gasteiger partial charge in [-0.25, -0.2) is 19.9 Å². The number of hydrogen-bond acceptors (Lipinski definition) is 6. The van der Waals surface area contributed by atoms with E-state index in [1.165, 1.54) is 0 Å². The maximum absolute atomic E-state index is 11.5. The molecule has 1 aliphatic heterocycles. The molecule has 1 N–H and O–H groups in total. The number of hydrogen-bond donors (Lipinski definition) is 1. The molecule has 7 heteroatoms. The minimum atomic E-state index is 0.115. The largest absolute Gasteiger partial charge is 0.342 e. The summed E-state index contributed by atoms with van der Waals surface area (Å²) in [5.41, 5.74) is 0.953. The van der Waals surface area contributed by atoms with E-state index in [1.807, 2.05) is 17.9 Å². The molecule has 0 saturated carbocycles. The zero-order valence-corrected chi connectivity index (χ0v) is 12.7. The second-order valence-electron chi connectivity index (χ2n) is 5.37. The molecule has 7 nitrogen and oxygen atoms in total. The minimum absolute atomic E-state index is 0.115. The van der Waals surface area contributed by atoms with Crippen LogP contribution < -0.4 is 5.32 Å². The molecule has 3 heterocycles. The molecule has 2 aromatic rings. The number of likely N-dealkylation sites (tertiary alicyclic amines) is 1. The van der Waals surface area contributed by atoms with Crippen molar-refractivity contribution in [1.82, 2.24) is 24.8 Å². The maximum Gasteiger partial charge on any atom is 0.228 e. The van der Waals surface area contributed by atoms with Crippen LogP contribution in [-0.2, 0) is 4.79 Å². The number of amides is 1. The Morgan fingerprint density at radius 2 is 2.09 bits per heavy atom. The van der Waals surface area contributed by atoms with Crippen molar-refractivity contribution >= 4 is 17.7 Å². The molecule has 22 heavy (non-hydrogen) atoms. The molecule has 3 rings (SSSR count). The lowest BCUT2D eigenvalue weighted by Crippen LogP contribution is -2.25. The van der Waals surface area contributed by atoms with Gasteiger partial charge in [0.1, 0.15) is 11.6 Å². The molecule has 1 saturated heterocycles. The standard InChI is InChI=1S/C15H18N6O/c1-10-18-13(12-4-7-21(9-12)11(2)22)8-14(19-10)20-15-16-5-3-6-17-15/h3,5-6,8,12H,4,7,9H2,1-2H3,(H,16,17,18,19,20)/t12-/m0/s1. The molecule has 0 spiro atoms. The second-order valence-corrected chi connectivity index (χ2v) is 5.37. The van der Waals surface area contributed by atoms with Crippen molar-refractivity contribution < 1.29 is 4.79 Å². The first-order chi connectivity index (χ1) is 10.6. The monoisotopic (exact) mass is 298 g/mol. The Bertz CT molecular complexity index is 675. The fourth-order valence-electron chi connectivity index (χ4n) is 2.63. The van der Waals surface area contributed by atoms with E-state index < -0.39 is 0 Å². The third kappa shape index (κ3) is 3.19. The van der Waals surface area contributed by atoms with Crippen molar-refractivity contribution in [2.24, 2.45) is 0 Å². The van der Waals surface area contributed by atoms with Gasteiger partial charge in [-0.1, -0.05) is 0 Å². The second kappa shape index (κ2) is 6.05. The van der Waals surface area contributed by atoms with E-state index in [0.29, 0.717) is 24.1 Å². The van der Waals surface area contributed by atoms with E-state index in [4.69, 9.17) is 0 Å². The van der Waals surface area contributed by atoms with Crippen LogP contribution in [0.15, 0.2) is 24.5 Å². The van der Waals surface area contributed by atoms with E-state index in [-0.39, 0.29) is 11.8 Å². The quantitative estimate of drug-likeness (QED) is 0.927. The molecule has 0 unspecified atom stereocenters. The number of rotatable bonds is 3. The number of nitrogens with one attached hydrogen (secondary N) is 1. The molecule has 0 radical (unpaired) electrons. The van der Waals surface area contributed by atoms with Gasteiger partial charge in [-0.15, -0.1) is 0 Å². The van der Waals surface area contributed by atoms with Crippen LogP contribution in [0, 0.1) is 6.92 Å². The summed E-state index contributed by atoms with van der Waals surface area (Å²) >= 11 is 0. The van der Waals surface area contributed by atoms with Gasteiger partial charge in [-0.3, -0.25) is 4.79 Å². The van der Waals surface area contributed by atoms with Crippen LogP contribution in [0.4, 0.5) is 11.8 Å². The van der Waals surface area contributed by atoms with Crippen LogP contribution >= 0.6 is 0 Å². The highest BCUT2D eigenvalue weighted by Gasteiger charge is 2.27. The van der Waals surface area contributed by atoms with Crippen molar-refractivity contribution in [2.75, 3.05) is 18.4 Å². The first kappa shape index (κ1) is 14.4. The van der Waals surface area contributed by atoms with E-state index >= 15 is 0 Å². The van der Waals surface area contributed by atoms with Gasteiger partial charge in [-0.05, 0) is 19.4 Å². The summed E-state index contributed by atoms with van der Waals surface area (Å²) in [4.78, 5) is 30.5. The fraction of sp³-hybridized carbons (Fsp3) is 0.400. The fourth-order valence-corrected chi connectivity index (χ4v) is 2.63. The summed E-state index contributed by atoms with van der Waals surface area (Å²) in [5.74, 6) is 2.24. The van der Waals surface area contributed by atoms with Crippen LogP contribution in [0.25, 0.3) is 0 Å². The third-order valence-electron chi connectivity index (χ3n) is 3.72. The van der Waals surface area contributed by atoms with Gasteiger partial charge in [0.15, 0.2) is 0 Å². The van der Waals surface area contributed by atoms with Gasteiger partial charge < -0.3 is 10.2 Å². The highest BCUT2D eigenvalue weighted by Crippen LogP contribution is 2.27. The average molecular weight is 298 g/mol. The van der Waals surface area contributed by atoms with Gasteiger partial charge in [0.2, 0.25) is 11.9 Å². The third-order valence-corrected chi connectivity index (χ3v) is 3.72. The lowest BCUT2D eigenvalue weighted by Gasteiger charge is -2.14. The molecule has 1 fully saturated rings. The highest BCUT2D eigenvalue weighted by molar-refractivity contribution is 5.73. The Balaban J connectivity index is 1.80. The zero-order valence-electron chi connectivity index (χ0n) is 12.7. The summed E-state index contributed by atoms with van der Waals surface area (Å²) in [6.07, 6.45) is 4.27. The highest BCUT2D eigenvalue weighted by atomic mass is 16.2. The Morgan fingerprint density at radius 3 is 2.77 bits per heavy atom. The van der Waals surface area contributed by atoms with Gasteiger partial charge in [0, 0.05) is 44.4 Å². The molecule has 0 aliphatic carbocycles. The van der Waals surface area contributed by atoms with Crippen LogP contribution in [0.2, 0.25) is 0 Å². The van der Waals surface area contributed by atoms with Crippen molar-refractivity contribution in [2.45, 2.75) is 26.2 Å². The average Bonchev–Trinajstić information content (AvgIpc) is 2.98.